The molecule has 0 aliphatic carbocycles. The van der Waals surface area contributed by atoms with E-state index >= 15 is 0 Å². The summed E-state index contributed by atoms with van der Waals surface area (Å²) in [6.07, 6.45) is 4.42. The first-order valence-electron chi connectivity index (χ1n) is 7.86. The van der Waals surface area contributed by atoms with Crippen LogP contribution in [0.5, 0.6) is 0 Å². The standard InChI is InChI=1S/C17H28ClNO2/c1-3-4-5-8-14(2)19-11-16(20)13-21-12-15-9-6-7-10-17(15)18/h6-7,9-10,14,16,19-20H,3-5,8,11-13H2,1-2H3/t14-,16+/m0/s1. The van der Waals surface area contributed by atoms with Gasteiger partial charge in [0, 0.05) is 17.6 Å². The summed E-state index contributed by atoms with van der Waals surface area (Å²) in [5.74, 6) is 0. The Balaban J connectivity index is 2.11. The molecule has 0 bridgehead atoms. The Morgan fingerprint density at radius 1 is 1.29 bits per heavy atom. The molecule has 1 aromatic carbocycles. The topological polar surface area (TPSA) is 41.5 Å². The summed E-state index contributed by atoms with van der Waals surface area (Å²) in [6, 6.07) is 8.04. The summed E-state index contributed by atoms with van der Waals surface area (Å²) >= 11 is 6.05. The third-order valence-corrected chi connectivity index (χ3v) is 3.84. The van der Waals surface area contributed by atoms with E-state index in [0.717, 1.165) is 12.0 Å². The average Bonchev–Trinajstić information content (AvgIpc) is 2.47. The fraction of sp³-hybridized carbons (Fsp3) is 0.647. The van der Waals surface area contributed by atoms with Crippen LogP contribution in [0.2, 0.25) is 5.02 Å². The highest BCUT2D eigenvalue weighted by molar-refractivity contribution is 6.31. The minimum Gasteiger partial charge on any atom is -0.389 e. The molecule has 120 valence electrons. The van der Waals surface area contributed by atoms with Gasteiger partial charge in [0.25, 0.3) is 0 Å². The lowest BCUT2D eigenvalue weighted by Crippen LogP contribution is -2.35. The van der Waals surface area contributed by atoms with E-state index in [4.69, 9.17) is 16.3 Å². The van der Waals surface area contributed by atoms with Crippen LogP contribution in [0.15, 0.2) is 24.3 Å². The zero-order valence-corrected chi connectivity index (χ0v) is 13.9. The molecule has 3 nitrogen and oxygen atoms in total. The van der Waals surface area contributed by atoms with Crippen molar-refractivity contribution in [2.45, 2.75) is 58.3 Å². The van der Waals surface area contributed by atoms with Gasteiger partial charge in [-0.2, -0.15) is 0 Å². The molecule has 0 spiro atoms. The molecule has 2 atom stereocenters. The predicted molar refractivity (Wildman–Crippen MR) is 88.7 cm³/mol. The summed E-state index contributed by atoms with van der Waals surface area (Å²) in [5, 5.41) is 13.9. The van der Waals surface area contributed by atoms with Crippen LogP contribution in [0.3, 0.4) is 0 Å². The molecule has 0 radical (unpaired) electrons. The fourth-order valence-corrected chi connectivity index (χ4v) is 2.31. The van der Waals surface area contributed by atoms with Crippen molar-refractivity contribution in [3.05, 3.63) is 34.9 Å². The SMILES string of the molecule is CCCCC[C@H](C)NC[C@@H](O)COCc1ccccc1Cl. The van der Waals surface area contributed by atoms with Crippen molar-refractivity contribution in [3.8, 4) is 0 Å². The molecule has 2 N–H and O–H groups in total. The molecule has 0 amide bonds. The molecule has 1 aromatic rings. The van der Waals surface area contributed by atoms with Gasteiger partial charge in [0.2, 0.25) is 0 Å². The number of unbranched alkanes of at least 4 members (excludes halogenated alkanes) is 2. The molecule has 0 aromatic heterocycles. The van der Waals surface area contributed by atoms with E-state index in [1.807, 2.05) is 24.3 Å². The maximum Gasteiger partial charge on any atom is 0.0897 e. The summed E-state index contributed by atoms with van der Waals surface area (Å²) < 4.78 is 5.52. The van der Waals surface area contributed by atoms with Crippen LogP contribution in [-0.2, 0) is 11.3 Å². The first-order valence-corrected chi connectivity index (χ1v) is 8.23. The van der Waals surface area contributed by atoms with Crippen LogP contribution < -0.4 is 5.32 Å². The smallest absolute Gasteiger partial charge is 0.0897 e. The monoisotopic (exact) mass is 313 g/mol. The highest BCUT2D eigenvalue weighted by atomic mass is 35.5. The highest BCUT2D eigenvalue weighted by Gasteiger charge is 2.08. The Hall–Kier alpha value is -0.610. The number of rotatable bonds is 11. The maximum atomic E-state index is 9.90. The van der Waals surface area contributed by atoms with Crippen molar-refractivity contribution in [3.63, 3.8) is 0 Å². The summed E-state index contributed by atoms with van der Waals surface area (Å²) in [6.45, 7) is 5.68. The van der Waals surface area contributed by atoms with Gasteiger partial charge < -0.3 is 15.2 Å². The van der Waals surface area contributed by atoms with E-state index in [0.29, 0.717) is 30.8 Å². The summed E-state index contributed by atoms with van der Waals surface area (Å²) in [4.78, 5) is 0. The predicted octanol–water partition coefficient (Wildman–Crippen LogP) is 3.78. The normalized spacial score (nSPS) is 14.1. The average molecular weight is 314 g/mol. The van der Waals surface area contributed by atoms with Gasteiger partial charge in [-0.05, 0) is 25.0 Å². The molecular formula is C17H28ClNO2. The Labute approximate surface area is 133 Å². The van der Waals surface area contributed by atoms with Gasteiger partial charge >= 0.3 is 0 Å². The van der Waals surface area contributed by atoms with Crippen LogP contribution in [0.25, 0.3) is 0 Å². The molecule has 0 aliphatic rings. The number of ether oxygens (including phenoxy) is 1. The zero-order chi connectivity index (χ0) is 15.5. The highest BCUT2D eigenvalue weighted by Crippen LogP contribution is 2.15. The van der Waals surface area contributed by atoms with Crippen molar-refractivity contribution in [1.29, 1.82) is 0 Å². The van der Waals surface area contributed by atoms with Crippen molar-refractivity contribution >= 4 is 11.6 Å². The molecule has 0 heterocycles. The molecule has 1 rings (SSSR count). The molecule has 21 heavy (non-hydrogen) atoms. The van der Waals surface area contributed by atoms with E-state index in [2.05, 4.69) is 19.2 Å². The van der Waals surface area contributed by atoms with E-state index in [-0.39, 0.29) is 0 Å². The first-order chi connectivity index (χ1) is 10.1. The van der Waals surface area contributed by atoms with Gasteiger partial charge in [-0.1, -0.05) is 56.0 Å². The maximum absolute atomic E-state index is 9.90. The van der Waals surface area contributed by atoms with Crippen molar-refractivity contribution in [2.75, 3.05) is 13.2 Å². The molecular weight excluding hydrogens is 286 g/mol. The largest absolute Gasteiger partial charge is 0.389 e. The number of halogens is 1. The molecule has 0 fully saturated rings. The number of aliphatic hydroxyl groups is 1. The van der Waals surface area contributed by atoms with Gasteiger partial charge in [-0.15, -0.1) is 0 Å². The third-order valence-electron chi connectivity index (χ3n) is 3.47. The van der Waals surface area contributed by atoms with Gasteiger partial charge in [-0.3, -0.25) is 0 Å². The van der Waals surface area contributed by atoms with Gasteiger partial charge in [0.1, 0.15) is 0 Å². The van der Waals surface area contributed by atoms with Gasteiger partial charge in [0.15, 0.2) is 0 Å². The van der Waals surface area contributed by atoms with E-state index in [1.54, 1.807) is 0 Å². The minimum absolute atomic E-state index is 0.319. The molecule has 0 aliphatic heterocycles. The van der Waals surface area contributed by atoms with Crippen molar-refractivity contribution < 1.29 is 9.84 Å². The number of aliphatic hydroxyl groups excluding tert-OH is 1. The quantitative estimate of drug-likeness (QED) is 0.611. The zero-order valence-electron chi connectivity index (χ0n) is 13.1. The number of hydrogen-bond donors (Lipinski definition) is 2. The van der Waals surface area contributed by atoms with Crippen molar-refractivity contribution in [2.24, 2.45) is 0 Å². The van der Waals surface area contributed by atoms with Crippen LogP contribution in [0.1, 0.15) is 45.1 Å². The van der Waals surface area contributed by atoms with E-state index in [1.165, 1.54) is 19.3 Å². The van der Waals surface area contributed by atoms with Gasteiger partial charge in [0.05, 0.1) is 19.3 Å². The molecule has 4 heteroatoms. The van der Waals surface area contributed by atoms with Gasteiger partial charge in [-0.25, -0.2) is 0 Å². The van der Waals surface area contributed by atoms with Crippen molar-refractivity contribution in [1.82, 2.24) is 5.32 Å². The lowest BCUT2D eigenvalue weighted by atomic mass is 10.1. The lowest BCUT2D eigenvalue weighted by Gasteiger charge is -2.17. The second-order valence-corrected chi connectivity index (χ2v) is 5.97. The Morgan fingerprint density at radius 3 is 2.76 bits per heavy atom. The fourth-order valence-electron chi connectivity index (χ4n) is 2.12. The molecule has 0 saturated heterocycles. The summed E-state index contributed by atoms with van der Waals surface area (Å²) in [5.41, 5.74) is 0.951. The summed E-state index contributed by atoms with van der Waals surface area (Å²) in [7, 11) is 0. The van der Waals surface area contributed by atoms with Crippen LogP contribution >= 0.6 is 11.6 Å². The molecule has 0 unspecified atom stereocenters. The molecule has 0 saturated carbocycles. The second kappa shape index (κ2) is 11.0. The number of benzene rings is 1. The van der Waals surface area contributed by atoms with E-state index < -0.39 is 6.10 Å². The second-order valence-electron chi connectivity index (χ2n) is 5.57. The number of nitrogens with one attached hydrogen (secondary N) is 1. The van der Waals surface area contributed by atoms with Crippen LogP contribution in [0, 0.1) is 0 Å². The lowest BCUT2D eigenvalue weighted by molar-refractivity contribution is 0.0277. The Morgan fingerprint density at radius 2 is 2.05 bits per heavy atom. The van der Waals surface area contributed by atoms with E-state index in [9.17, 15) is 5.11 Å². The van der Waals surface area contributed by atoms with Crippen LogP contribution in [-0.4, -0.2) is 30.4 Å². The Bertz CT molecular complexity index is 387. The number of hydrogen-bond acceptors (Lipinski definition) is 3. The minimum atomic E-state index is -0.485. The van der Waals surface area contributed by atoms with Crippen LogP contribution in [0.4, 0.5) is 0 Å². The Kier molecular flexibility index (Phi) is 9.68. The third kappa shape index (κ3) is 8.42. The first kappa shape index (κ1) is 18.4.